The van der Waals surface area contributed by atoms with Crippen molar-refractivity contribution < 1.29 is 14.6 Å². The van der Waals surface area contributed by atoms with Crippen LogP contribution in [-0.4, -0.2) is 24.1 Å². The molecule has 0 radical (unpaired) electrons. The van der Waals surface area contributed by atoms with Crippen molar-refractivity contribution in [2.45, 2.75) is 37.9 Å². The summed E-state index contributed by atoms with van der Waals surface area (Å²) >= 11 is 0. The van der Waals surface area contributed by atoms with Crippen LogP contribution in [0.3, 0.4) is 0 Å². The first kappa shape index (κ1) is 17.4. The van der Waals surface area contributed by atoms with Crippen molar-refractivity contribution >= 4 is 5.78 Å². The molecule has 0 saturated heterocycles. The number of aliphatic hydroxyl groups is 1. The van der Waals surface area contributed by atoms with Crippen LogP contribution in [0, 0.1) is 0 Å². The molecular formula is C20H24O3. The highest BCUT2D eigenvalue weighted by Crippen LogP contribution is 2.23. The highest BCUT2D eigenvalue weighted by molar-refractivity contribution is 5.78. The van der Waals surface area contributed by atoms with E-state index in [2.05, 4.69) is 12.1 Å². The minimum absolute atomic E-state index is 0.0754. The van der Waals surface area contributed by atoms with Crippen LogP contribution in [0.15, 0.2) is 60.7 Å². The summed E-state index contributed by atoms with van der Waals surface area (Å²) in [5, 5.41) is 10.3. The number of carbonyl (C=O) groups is 1. The third kappa shape index (κ3) is 5.62. The SMILES string of the molecule is CO[C@@H](c1ccccc1)[C@@H](O)CC(=O)CCCc1ccccc1. The number of aliphatic hydroxyl groups excluding tert-OH is 1. The van der Waals surface area contributed by atoms with E-state index in [9.17, 15) is 9.90 Å². The van der Waals surface area contributed by atoms with Crippen molar-refractivity contribution in [3.8, 4) is 0 Å². The lowest BCUT2D eigenvalue weighted by Gasteiger charge is -2.21. The maximum atomic E-state index is 12.1. The Morgan fingerprint density at radius 3 is 2.26 bits per heavy atom. The number of methoxy groups -OCH3 is 1. The Labute approximate surface area is 137 Å². The molecule has 2 rings (SSSR count). The number of Topliss-reactive ketones (excluding diaryl/α,β-unsaturated/α-hetero) is 1. The Bertz CT molecular complexity index is 580. The standard InChI is InChI=1S/C20H24O3/c1-23-20(17-12-6-3-7-13-17)19(22)15-18(21)14-8-11-16-9-4-2-5-10-16/h2-7,9-10,12-13,19-20,22H,8,11,14-15H2,1H3/t19-,20-/m0/s1. The number of ether oxygens (including phenoxy) is 1. The fraction of sp³-hybridized carbons (Fsp3) is 0.350. The van der Waals surface area contributed by atoms with E-state index < -0.39 is 12.2 Å². The number of benzene rings is 2. The van der Waals surface area contributed by atoms with E-state index in [0.29, 0.717) is 6.42 Å². The number of ketones is 1. The highest BCUT2D eigenvalue weighted by atomic mass is 16.5. The topological polar surface area (TPSA) is 46.5 Å². The van der Waals surface area contributed by atoms with Crippen LogP contribution in [0.5, 0.6) is 0 Å². The van der Waals surface area contributed by atoms with Crippen molar-refractivity contribution in [3.05, 3.63) is 71.8 Å². The molecule has 0 fully saturated rings. The van der Waals surface area contributed by atoms with Crippen LogP contribution in [-0.2, 0) is 16.0 Å². The van der Waals surface area contributed by atoms with Crippen molar-refractivity contribution in [1.29, 1.82) is 0 Å². The Kier molecular flexibility index (Phi) is 6.98. The molecule has 23 heavy (non-hydrogen) atoms. The molecular weight excluding hydrogens is 288 g/mol. The highest BCUT2D eigenvalue weighted by Gasteiger charge is 2.22. The van der Waals surface area contributed by atoms with Crippen LogP contribution in [0.1, 0.15) is 36.5 Å². The monoisotopic (exact) mass is 312 g/mol. The second-order valence-electron chi connectivity index (χ2n) is 5.72. The van der Waals surface area contributed by atoms with Gasteiger partial charge in [-0.15, -0.1) is 0 Å². The zero-order valence-corrected chi connectivity index (χ0v) is 13.5. The molecule has 2 atom stereocenters. The Morgan fingerprint density at radius 1 is 1.04 bits per heavy atom. The van der Waals surface area contributed by atoms with Crippen molar-refractivity contribution in [2.75, 3.05) is 7.11 Å². The lowest BCUT2D eigenvalue weighted by molar-refractivity contribution is -0.123. The molecule has 1 N–H and O–H groups in total. The van der Waals surface area contributed by atoms with E-state index in [-0.39, 0.29) is 12.2 Å². The zero-order valence-electron chi connectivity index (χ0n) is 13.5. The fourth-order valence-electron chi connectivity index (χ4n) is 2.73. The Hall–Kier alpha value is -1.97. The van der Waals surface area contributed by atoms with Gasteiger partial charge in [0, 0.05) is 20.0 Å². The third-order valence-corrected chi connectivity index (χ3v) is 3.93. The van der Waals surface area contributed by atoms with E-state index in [0.717, 1.165) is 18.4 Å². The van der Waals surface area contributed by atoms with E-state index in [1.54, 1.807) is 7.11 Å². The summed E-state index contributed by atoms with van der Waals surface area (Å²) in [6, 6.07) is 19.6. The molecule has 0 unspecified atom stereocenters. The van der Waals surface area contributed by atoms with Gasteiger partial charge in [-0.3, -0.25) is 4.79 Å². The number of aryl methyl sites for hydroxylation is 1. The number of rotatable bonds is 9. The molecule has 0 aliphatic heterocycles. The van der Waals surface area contributed by atoms with Gasteiger partial charge in [0.1, 0.15) is 11.9 Å². The maximum Gasteiger partial charge on any atom is 0.135 e. The summed E-state index contributed by atoms with van der Waals surface area (Å²) in [6.45, 7) is 0. The predicted octanol–water partition coefficient (Wildman–Crippen LogP) is 3.72. The van der Waals surface area contributed by atoms with Crippen LogP contribution in [0.4, 0.5) is 0 Å². The van der Waals surface area contributed by atoms with Crippen LogP contribution >= 0.6 is 0 Å². The first-order valence-electron chi connectivity index (χ1n) is 8.02. The van der Waals surface area contributed by atoms with Gasteiger partial charge < -0.3 is 9.84 Å². The smallest absolute Gasteiger partial charge is 0.135 e. The van der Waals surface area contributed by atoms with Gasteiger partial charge in [0.25, 0.3) is 0 Å². The summed E-state index contributed by atoms with van der Waals surface area (Å²) in [6.07, 6.45) is 1.02. The van der Waals surface area contributed by atoms with Crippen LogP contribution in [0.2, 0.25) is 0 Å². The molecule has 0 heterocycles. The van der Waals surface area contributed by atoms with Gasteiger partial charge in [-0.1, -0.05) is 60.7 Å². The molecule has 3 heteroatoms. The Balaban J connectivity index is 1.79. The van der Waals surface area contributed by atoms with Gasteiger partial charge in [0.15, 0.2) is 0 Å². The van der Waals surface area contributed by atoms with Gasteiger partial charge in [-0.2, -0.15) is 0 Å². The molecule has 0 bridgehead atoms. The second-order valence-corrected chi connectivity index (χ2v) is 5.72. The molecule has 0 amide bonds. The number of carbonyl (C=O) groups excluding carboxylic acids is 1. The lowest BCUT2D eigenvalue weighted by Crippen LogP contribution is -2.23. The van der Waals surface area contributed by atoms with Gasteiger partial charge in [0.2, 0.25) is 0 Å². The lowest BCUT2D eigenvalue weighted by atomic mass is 9.98. The third-order valence-electron chi connectivity index (χ3n) is 3.93. The molecule has 0 aromatic heterocycles. The summed E-state index contributed by atoms with van der Waals surface area (Å²) in [7, 11) is 1.56. The number of hydrogen-bond acceptors (Lipinski definition) is 3. The molecule has 2 aromatic carbocycles. The second kappa shape index (κ2) is 9.23. The Morgan fingerprint density at radius 2 is 1.65 bits per heavy atom. The van der Waals surface area contributed by atoms with E-state index in [1.807, 2.05) is 48.5 Å². The first-order chi connectivity index (χ1) is 11.2. The quantitative estimate of drug-likeness (QED) is 0.767. The number of hydrogen-bond donors (Lipinski definition) is 1. The largest absolute Gasteiger partial charge is 0.390 e. The summed E-state index contributed by atoms with van der Waals surface area (Å²) in [4.78, 5) is 12.1. The van der Waals surface area contributed by atoms with E-state index in [4.69, 9.17) is 4.74 Å². The molecule has 0 aliphatic carbocycles. The fourth-order valence-corrected chi connectivity index (χ4v) is 2.73. The van der Waals surface area contributed by atoms with Crippen LogP contribution in [0.25, 0.3) is 0 Å². The summed E-state index contributed by atoms with van der Waals surface area (Å²) < 4.78 is 5.37. The average Bonchev–Trinajstić information content (AvgIpc) is 2.57. The van der Waals surface area contributed by atoms with Crippen LogP contribution < -0.4 is 0 Å². The molecule has 0 spiro atoms. The van der Waals surface area contributed by atoms with Gasteiger partial charge >= 0.3 is 0 Å². The van der Waals surface area contributed by atoms with Crippen molar-refractivity contribution in [3.63, 3.8) is 0 Å². The molecule has 2 aromatic rings. The average molecular weight is 312 g/mol. The van der Waals surface area contributed by atoms with Crippen molar-refractivity contribution in [2.24, 2.45) is 0 Å². The molecule has 0 aliphatic rings. The minimum atomic E-state index is -0.813. The molecule has 122 valence electrons. The predicted molar refractivity (Wildman–Crippen MR) is 91.2 cm³/mol. The first-order valence-corrected chi connectivity index (χ1v) is 8.02. The van der Waals surface area contributed by atoms with Crippen molar-refractivity contribution in [1.82, 2.24) is 0 Å². The molecule has 0 saturated carbocycles. The normalized spacial score (nSPS) is 13.5. The summed E-state index contributed by atoms with van der Waals surface area (Å²) in [5.74, 6) is 0.0754. The minimum Gasteiger partial charge on any atom is -0.390 e. The van der Waals surface area contributed by atoms with Gasteiger partial charge in [0.05, 0.1) is 6.10 Å². The maximum absolute atomic E-state index is 12.1. The zero-order chi connectivity index (χ0) is 16.5. The van der Waals surface area contributed by atoms with E-state index >= 15 is 0 Å². The van der Waals surface area contributed by atoms with E-state index in [1.165, 1.54) is 5.56 Å². The van der Waals surface area contributed by atoms with Gasteiger partial charge in [-0.05, 0) is 24.0 Å². The van der Waals surface area contributed by atoms with Gasteiger partial charge in [-0.25, -0.2) is 0 Å². The molecule has 3 nitrogen and oxygen atoms in total. The summed E-state index contributed by atoms with van der Waals surface area (Å²) in [5.41, 5.74) is 2.12.